The second-order valence-corrected chi connectivity index (χ2v) is 15.0. The lowest BCUT2D eigenvalue weighted by molar-refractivity contribution is -0.138. The maximum atomic E-state index is 12.5. The smallest absolute Gasteiger partial charge is 0.307 e. The molecular formula is C40H44N4O16. The van der Waals surface area contributed by atoms with E-state index in [0.717, 1.165) is 0 Å². The average Bonchev–Trinajstić information content (AvgIpc) is 3.81. The molecule has 1 unspecified atom stereocenters. The number of aromatic nitrogens is 3. The number of hydrogen-bond donors (Lipinski definition) is 11. The molecular weight excluding hydrogens is 792 g/mol. The van der Waals surface area contributed by atoms with Gasteiger partial charge < -0.3 is 55.8 Å². The van der Waals surface area contributed by atoms with Gasteiger partial charge in [-0.05, 0) is 70.2 Å². The number of allylic oxidation sites excluding steroid dienone is 1. The second-order valence-electron chi connectivity index (χ2n) is 15.0. The van der Waals surface area contributed by atoms with Crippen LogP contribution in [0.4, 0.5) is 0 Å². The zero-order valence-electron chi connectivity index (χ0n) is 32.2. The molecule has 20 nitrogen and oxygen atoms in total. The molecule has 2 aliphatic rings. The SMILES string of the molecule is O=C(O)CCC1=C(CC(=O)O)C2(Cc3[nH]c(c(CC(=O)O)c3CCC(=O)O)Cc3[nH]c(c(CC(=O)O)c3CCC(=O)O)Cc3[nH]c(c(CC(=O)O)c3CCC(=O)O)C2)N=C1. The van der Waals surface area contributed by atoms with Crippen LogP contribution in [0.2, 0.25) is 0 Å². The van der Waals surface area contributed by atoms with Crippen LogP contribution >= 0.6 is 0 Å². The number of fused-ring (bicyclic) bond motifs is 6. The molecule has 0 aromatic carbocycles. The van der Waals surface area contributed by atoms with Crippen molar-refractivity contribution in [1.29, 1.82) is 0 Å². The molecule has 6 bridgehead atoms. The molecule has 0 fully saturated rings. The van der Waals surface area contributed by atoms with Gasteiger partial charge >= 0.3 is 47.8 Å². The molecule has 320 valence electrons. The topological polar surface area (TPSA) is 358 Å². The van der Waals surface area contributed by atoms with E-state index in [0.29, 0.717) is 17.0 Å². The zero-order chi connectivity index (χ0) is 44.1. The lowest BCUT2D eigenvalue weighted by atomic mass is 9.77. The van der Waals surface area contributed by atoms with Crippen molar-refractivity contribution in [1.82, 2.24) is 15.0 Å². The summed E-state index contributed by atoms with van der Waals surface area (Å²) in [5, 5.41) is 79.3. The van der Waals surface area contributed by atoms with E-state index >= 15 is 0 Å². The van der Waals surface area contributed by atoms with Gasteiger partial charge in [0.15, 0.2) is 0 Å². The third kappa shape index (κ3) is 10.4. The molecule has 1 spiro atoms. The Morgan fingerprint density at radius 2 is 0.750 bits per heavy atom. The minimum Gasteiger partial charge on any atom is -0.481 e. The Hall–Kier alpha value is -6.99. The highest BCUT2D eigenvalue weighted by Gasteiger charge is 2.43. The summed E-state index contributed by atoms with van der Waals surface area (Å²) < 4.78 is 0. The third-order valence-corrected chi connectivity index (χ3v) is 10.9. The van der Waals surface area contributed by atoms with Crippen LogP contribution in [0, 0.1) is 0 Å². The first-order valence-electron chi connectivity index (χ1n) is 18.9. The number of rotatable bonds is 20. The fraction of sp³-hybridized carbons (Fsp3) is 0.425. The highest BCUT2D eigenvalue weighted by Crippen LogP contribution is 2.43. The Bertz CT molecular complexity index is 2340. The van der Waals surface area contributed by atoms with E-state index in [1.807, 2.05) is 0 Å². The van der Waals surface area contributed by atoms with Gasteiger partial charge in [0.25, 0.3) is 0 Å². The van der Waals surface area contributed by atoms with Crippen LogP contribution in [-0.2, 0) is 103 Å². The molecule has 0 amide bonds. The quantitative estimate of drug-likeness (QED) is 0.0778. The first-order chi connectivity index (χ1) is 28.3. The number of nitrogens with zero attached hydrogens (tertiary/aromatic N) is 1. The number of nitrogens with one attached hydrogen (secondary N) is 3. The molecule has 0 saturated carbocycles. The highest BCUT2D eigenvalue weighted by atomic mass is 16.4. The van der Waals surface area contributed by atoms with Gasteiger partial charge in [0, 0.05) is 91.7 Å². The minimum atomic E-state index is -1.63. The molecule has 3 aromatic rings. The number of aliphatic imine (C=N–C) groups is 1. The van der Waals surface area contributed by atoms with Crippen LogP contribution in [0.5, 0.6) is 0 Å². The Labute approximate surface area is 339 Å². The molecule has 11 N–H and O–H groups in total. The fourth-order valence-electron chi connectivity index (χ4n) is 8.54. The molecule has 5 heterocycles. The molecule has 20 heteroatoms. The summed E-state index contributed by atoms with van der Waals surface area (Å²) in [6, 6.07) is 0. The predicted octanol–water partition coefficient (Wildman–Crippen LogP) is 2.34. The number of carbonyl (C=O) groups is 8. The van der Waals surface area contributed by atoms with Gasteiger partial charge in [-0.3, -0.25) is 43.3 Å². The molecule has 1 atom stereocenters. The van der Waals surface area contributed by atoms with Gasteiger partial charge in [0.1, 0.15) is 0 Å². The van der Waals surface area contributed by atoms with Crippen molar-refractivity contribution in [3.8, 4) is 0 Å². The second kappa shape index (κ2) is 18.3. The van der Waals surface area contributed by atoms with Crippen molar-refractivity contribution in [3.05, 3.63) is 78.7 Å². The van der Waals surface area contributed by atoms with Crippen molar-refractivity contribution in [2.24, 2.45) is 4.99 Å². The van der Waals surface area contributed by atoms with Gasteiger partial charge in [-0.1, -0.05) is 0 Å². The zero-order valence-corrected chi connectivity index (χ0v) is 32.2. The lowest BCUT2D eigenvalue weighted by Crippen LogP contribution is -2.35. The maximum absolute atomic E-state index is 12.5. The summed E-state index contributed by atoms with van der Waals surface area (Å²) in [5.74, 6) is -9.99. The van der Waals surface area contributed by atoms with Crippen LogP contribution in [0.3, 0.4) is 0 Å². The fourth-order valence-corrected chi connectivity index (χ4v) is 8.54. The number of aliphatic carboxylic acids is 8. The van der Waals surface area contributed by atoms with Crippen LogP contribution in [-0.4, -0.2) is 115 Å². The van der Waals surface area contributed by atoms with Crippen molar-refractivity contribution in [2.45, 2.75) is 108 Å². The van der Waals surface area contributed by atoms with E-state index in [-0.39, 0.29) is 113 Å². The minimum absolute atomic E-state index is 0.142. The molecule has 0 saturated heterocycles. The van der Waals surface area contributed by atoms with Crippen molar-refractivity contribution >= 4 is 54.0 Å². The average molecular weight is 837 g/mol. The van der Waals surface area contributed by atoms with Crippen molar-refractivity contribution in [3.63, 3.8) is 0 Å². The van der Waals surface area contributed by atoms with Crippen LogP contribution in [0.1, 0.15) is 106 Å². The van der Waals surface area contributed by atoms with Crippen molar-refractivity contribution in [2.75, 3.05) is 0 Å². The van der Waals surface area contributed by atoms with Gasteiger partial charge in [-0.25, -0.2) is 0 Å². The Balaban J connectivity index is 1.92. The molecule has 0 aliphatic carbocycles. The van der Waals surface area contributed by atoms with E-state index in [4.69, 9.17) is 4.99 Å². The highest BCUT2D eigenvalue weighted by molar-refractivity contribution is 5.88. The van der Waals surface area contributed by atoms with E-state index in [1.54, 1.807) is 0 Å². The number of H-pyrrole nitrogens is 3. The third-order valence-electron chi connectivity index (χ3n) is 10.9. The first-order valence-corrected chi connectivity index (χ1v) is 18.9. The lowest BCUT2D eigenvalue weighted by Gasteiger charge is -2.31. The van der Waals surface area contributed by atoms with Crippen molar-refractivity contribution < 1.29 is 79.2 Å². The number of hydrogen-bond acceptors (Lipinski definition) is 9. The maximum Gasteiger partial charge on any atom is 0.307 e. The molecule has 2 aliphatic heterocycles. The Kier molecular flexibility index (Phi) is 13.5. The van der Waals surface area contributed by atoms with E-state index in [9.17, 15) is 79.2 Å². The molecule has 60 heavy (non-hydrogen) atoms. The Morgan fingerprint density at radius 1 is 0.433 bits per heavy atom. The van der Waals surface area contributed by atoms with Crippen LogP contribution in [0.25, 0.3) is 0 Å². The van der Waals surface area contributed by atoms with Gasteiger partial charge in [-0.2, -0.15) is 0 Å². The molecule has 3 aromatic heterocycles. The summed E-state index contributed by atoms with van der Waals surface area (Å²) in [5.41, 5.74) is 1.80. The largest absolute Gasteiger partial charge is 0.481 e. The van der Waals surface area contributed by atoms with Gasteiger partial charge in [-0.15, -0.1) is 0 Å². The Morgan fingerprint density at radius 3 is 1.13 bits per heavy atom. The van der Waals surface area contributed by atoms with Crippen LogP contribution < -0.4 is 0 Å². The van der Waals surface area contributed by atoms with Gasteiger partial charge in [0.2, 0.25) is 0 Å². The summed E-state index contributed by atoms with van der Waals surface area (Å²) in [4.78, 5) is 112. The summed E-state index contributed by atoms with van der Waals surface area (Å²) in [7, 11) is 0. The van der Waals surface area contributed by atoms with E-state index in [2.05, 4.69) is 15.0 Å². The number of carboxylic acids is 8. The summed E-state index contributed by atoms with van der Waals surface area (Å²) >= 11 is 0. The number of carboxylic acid groups (broad SMARTS) is 8. The van der Waals surface area contributed by atoms with Gasteiger partial charge in [0.05, 0.1) is 31.2 Å². The van der Waals surface area contributed by atoms with E-state index in [1.165, 1.54) is 6.21 Å². The molecule has 0 radical (unpaired) electrons. The summed E-state index contributed by atoms with van der Waals surface area (Å²) in [6.07, 6.45) is -4.46. The normalized spacial score (nSPS) is 15.9. The standard InChI is InChI=1S/C40H44N4O16/c45-32(46)5-1-18-17-41-40(25(18)12-39(59)60)15-30-21(4-8-35(51)52)23(10-37(55)56)29(44-30)13-26-19(2-6-33(47)48)22(9-36(53)54)28(42-26)14-27-20(3-7-34(49)50)24(11-38(57)58)31(16-40)43-27/h17,42-44H,1-16H2,(H,45,46)(H,47,48)(H,49,50)(H,51,52)(H,53,54)(H,55,56)(H,57,58)(H,59,60). The monoisotopic (exact) mass is 836 g/mol. The molecule has 5 rings (SSSR count). The first kappa shape index (κ1) is 44.1. The number of aromatic amines is 3. The predicted molar refractivity (Wildman–Crippen MR) is 205 cm³/mol. The van der Waals surface area contributed by atoms with E-state index < -0.39 is 105 Å². The van der Waals surface area contributed by atoms with Crippen LogP contribution in [0.15, 0.2) is 16.1 Å². The summed E-state index contributed by atoms with van der Waals surface area (Å²) in [6.45, 7) is 0.